The van der Waals surface area contributed by atoms with Gasteiger partial charge in [-0.2, -0.15) is 20.4 Å². The molecule has 7 nitrogen and oxygen atoms in total. The van der Waals surface area contributed by atoms with E-state index in [-0.39, 0.29) is 0 Å². The van der Waals surface area contributed by atoms with Crippen LogP contribution in [-0.2, 0) is 6.42 Å². The first-order valence-electron chi connectivity index (χ1n) is 6.41. The molecule has 0 saturated heterocycles. The van der Waals surface area contributed by atoms with Crippen LogP contribution in [0.3, 0.4) is 0 Å². The second kappa shape index (κ2) is 4.44. The van der Waals surface area contributed by atoms with Crippen LogP contribution in [0.2, 0.25) is 0 Å². The predicted octanol–water partition coefficient (Wildman–Crippen LogP) is 1.61. The fourth-order valence-corrected chi connectivity index (χ4v) is 2.50. The summed E-state index contributed by atoms with van der Waals surface area (Å²) in [5, 5.41) is 17.5. The van der Waals surface area contributed by atoms with E-state index in [0.717, 1.165) is 13.0 Å². The number of benzene rings is 1. The summed E-state index contributed by atoms with van der Waals surface area (Å²) in [4.78, 5) is 4.36. The molecule has 3 heterocycles. The highest BCUT2D eigenvalue weighted by atomic mass is 16.5. The zero-order valence-corrected chi connectivity index (χ0v) is 10.6. The molecule has 1 aliphatic rings. The Morgan fingerprint density at radius 3 is 3.15 bits per heavy atom. The highest BCUT2D eigenvalue weighted by Crippen LogP contribution is 2.33. The lowest BCUT2D eigenvalue weighted by Crippen LogP contribution is -2.05. The minimum absolute atomic E-state index is 0.358. The van der Waals surface area contributed by atoms with Gasteiger partial charge < -0.3 is 9.84 Å². The fourth-order valence-electron chi connectivity index (χ4n) is 2.50. The third-order valence-electron chi connectivity index (χ3n) is 3.47. The first kappa shape index (κ1) is 11.2. The summed E-state index contributed by atoms with van der Waals surface area (Å²) < 4.78 is 5.29. The smallest absolute Gasteiger partial charge is 0.227 e. The monoisotopic (exact) mass is 268 g/mol. The molecular weight excluding hydrogens is 256 g/mol. The van der Waals surface area contributed by atoms with Crippen LogP contribution in [0.15, 0.2) is 35.0 Å². The van der Waals surface area contributed by atoms with Crippen molar-refractivity contribution in [3.8, 4) is 11.5 Å². The summed E-state index contributed by atoms with van der Waals surface area (Å²) in [7, 11) is 0. The Kier molecular flexibility index (Phi) is 2.48. The first-order valence-corrected chi connectivity index (χ1v) is 6.41. The van der Waals surface area contributed by atoms with Crippen LogP contribution in [0, 0.1) is 0 Å². The van der Waals surface area contributed by atoms with Crippen LogP contribution in [-0.4, -0.2) is 32.1 Å². The molecule has 7 heteroatoms. The average molecular weight is 268 g/mol. The molecule has 0 spiro atoms. The van der Waals surface area contributed by atoms with Gasteiger partial charge in [-0.15, -0.1) is 0 Å². The lowest BCUT2D eigenvalue weighted by atomic mass is 9.98. The SMILES string of the molecule is c1ccc2c(c1)NCC2Cc1nc(-c2cn[nH]n2)no1. The molecule has 0 radical (unpaired) electrons. The van der Waals surface area contributed by atoms with Crippen LogP contribution in [0.5, 0.6) is 0 Å². The lowest BCUT2D eigenvalue weighted by molar-refractivity contribution is 0.372. The largest absolute Gasteiger partial charge is 0.384 e. The molecule has 1 aliphatic heterocycles. The average Bonchev–Trinajstić information content (AvgIpc) is 3.19. The van der Waals surface area contributed by atoms with Gasteiger partial charge in [0.25, 0.3) is 0 Å². The minimum Gasteiger partial charge on any atom is -0.384 e. The Balaban J connectivity index is 1.56. The number of aromatic amines is 1. The molecular formula is C13H12N6O. The van der Waals surface area contributed by atoms with Crippen LogP contribution in [0.1, 0.15) is 17.4 Å². The van der Waals surface area contributed by atoms with Crippen LogP contribution in [0.25, 0.3) is 11.5 Å². The molecule has 3 aromatic rings. The van der Waals surface area contributed by atoms with Crippen molar-refractivity contribution < 1.29 is 4.52 Å². The van der Waals surface area contributed by atoms with Crippen LogP contribution < -0.4 is 5.32 Å². The van der Waals surface area contributed by atoms with Crippen LogP contribution >= 0.6 is 0 Å². The second-order valence-electron chi connectivity index (χ2n) is 4.74. The van der Waals surface area contributed by atoms with Crippen molar-refractivity contribution in [1.29, 1.82) is 0 Å². The van der Waals surface area contributed by atoms with Gasteiger partial charge in [-0.05, 0) is 11.6 Å². The zero-order chi connectivity index (χ0) is 13.4. The molecule has 2 N–H and O–H groups in total. The Morgan fingerprint density at radius 2 is 2.25 bits per heavy atom. The van der Waals surface area contributed by atoms with Crippen molar-refractivity contribution in [2.75, 3.05) is 11.9 Å². The summed E-state index contributed by atoms with van der Waals surface area (Å²) in [5.41, 5.74) is 3.08. The second-order valence-corrected chi connectivity index (χ2v) is 4.74. The quantitative estimate of drug-likeness (QED) is 0.749. The molecule has 20 heavy (non-hydrogen) atoms. The normalized spacial score (nSPS) is 16.9. The molecule has 2 aromatic heterocycles. The van der Waals surface area contributed by atoms with Gasteiger partial charge in [0.05, 0.1) is 6.20 Å². The van der Waals surface area contributed by atoms with Gasteiger partial charge in [0.15, 0.2) is 5.69 Å². The summed E-state index contributed by atoms with van der Waals surface area (Å²) in [5.74, 6) is 1.44. The molecule has 0 saturated carbocycles. The molecule has 0 aliphatic carbocycles. The number of rotatable bonds is 3. The number of anilines is 1. The van der Waals surface area contributed by atoms with Crippen molar-refractivity contribution in [2.24, 2.45) is 0 Å². The molecule has 1 atom stereocenters. The number of aromatic nitrogens is 5. The summed E-state index contributed by atoms with van der Waals surface area (Å²) >= 11 is 0. The van der Waals surface area contributed by atoms with Gasteiger partial charge in [-0.1, -0.05) is 23.4 Å². The highest BCUT2D eigenvalue weighted by Gasteiger charge is 2.24. The van der Waals surface area contributed by atoms with E-state index >= 15 is 0 Å². The van der Waals surface area contributed by atoms with Crippen molar-refractivity contribution >= 4 is 5.69 Å². The number of para-hydroxylation sites is 1. The Hall–Kier alpha value is -2.70. The van der Waals surface area contributed by atoms with Gasteiger partial charge in [0.2, 0.25) is 11.7 Å². The maximum atomic E-state index is 5.29. The molecule has 1 aromatic carbocycles. The van der Waals surface area contributed by atoms with E-state index in [1.807, 2.05) is 12.1 Å². The first-order chi connectivity index (χ1) is 9.90. The lowest BCUT2D eigenvalue weighted by Gasteiger charge is -2.05. The van der Waals surface area contributed by atoms with Crippen LogP contribution in [0.4, 0.5) is 5.69 Å². The number of fused-ring (bicyclic) bond motifs is 1. The molecule has 0 amide bonds. The Morgan fingerprint density at radius 1 is 1.30 bits per heavy atom. The fraction of sp³-hybridized carbons (Fsp3) is 0.231. The van der Waals surface area contributed by atoms with E-state index in [1.54, 1.807) is 6.20 Å². The van der Waals surface area contributed by atoms with Gasteiger partial charge in [-0.3, -0.25) is 0 Å². The number of nitrogens with one attached hydrogen (secondary N) is 2. The molecule has 0 bridgehead atoms. The molecule has 4 rings (SSSR count). The zero-order valence-electron chi connectivity index (χ0n) is 10.6. The van der Waals surface area contributed by atoms with E-state index < -0.39 is 0 Å². The van der Waals surface area contributed by atoms with Gasteiger partial charge in [0.1, 0.15) is 0 Å². The summed E-state index contributed by atoms with van der Waals surface area (Å²) in [6.07, 6.45) is 2.29. The number of nitrogens with zero attached hydrogens (tertiary/aromatic N) is 4. The van der Waals surface area contributed by atoms with E-state index in [0.29, 0.717) is 23.3 Å². The third-order valence-corrected chi connectivity index (χ3v) is 3.47. The molecule has 1 unspecified atom stereocenters. The highest BCUT2D eigenvalue weighted by molar-refractivity contribution is 5.57. The molecule has 100 valence electrons. The Bertz CT molecular complexity index is 720. The van der Waals surface area contributed by atoms with Gasteiger partial charge >= 0.3 is 0 Å². The van der Waals surface area contributed by atoms with E-state index in [9.17, 15) is 0 Å². The third kappa shape index (κ3) is 1.83. The maximum Gasteiger partial charge on any atom is 0.227 e. The standard InChI is InChI=1S/C13H12N6O/c1-2-4-10-9(3-1)8(6-14-10)5-12-16-13(18-20-12)11-7-15-19-17-11/h1-4,7-8,14H,5-6H2,(H,15,17,19). The Labute approximate surface area is 114 Å². The van der Waals surface area contributed by atoms with Crippen molar-refractivity contribution in [3.05, 3.63) is 41.9 Å². The van der Waals surface area contributed by atoms with Gasteiger partial charge in [-0.25, -0.2) is 0 Å². The van der Waals surface area contributed by atoms with Crippen molar-refractivity contribution in [1.82, 2.24) is 25.6 Å². The van der Waals surface area contributed by atoms with Crippen molar-refractivity contribution in [3.63, 3.8) is 0 Å². The van der Waals surface area contributed by atoms with Gasteiger partial charge in [0, 0.05) is 24.6 Å². The predicted molar refractivity (Wildman–Crippen MR) is 71.1 cm³/mol. The number of H-pyrrole nitrogens is 1. The number of hydrogen-bond donors (Lipinski definition) is 2. The minimum atomic E-state index is 0.358. The number of hydrogen-bond acceptors (Lipinski definition) is 6. The van der Waals surface area contributed by atoms with E-state index in [4.69, 9.17) is 4.52 Å². The summed E-state index contributed by atoms with van der Waals surface area (Å²) in [6, 6.07) is 8.30. The van der Waals surface area contributed by atoms with E-state index in [2.05, 4.69) is 43.0 Å². The summed E-state index contributed by atoms with van der Waals surface area (Å²) in [6.45, 7) is 0.890. The van der Waals surface area contributed by atoms with E-state index in [1.165, 1.54) is 11.3 Å². The maximum absolute atomic E-state index is 5.29. The topological polar surface area (TPSA) is 92.5 Å². The van der Waals surface area contributed by atoms with Crippen molar-refractivity contribution in [2.45, 2.75) is 12.3 Å². The molecule has 0 fully saturated rings.